The highest BCUT2D eigenvalue weighted by molar-refractivity contribution is 6.06. The van der Waals surface area contributed by atoms with E-state index in [-0.39, 0.29) is 17.4 Å². The van der Waals surface area contributed by atoms with Crippen molar-refractivity contribution in [1.82, 2.24) is 15.0 Å². The van der Waals surface area contributed by atoms with E-state index in [4.69, 9.17) is 0 Å². The first-order chi connectivity index (χ1) is 15.0. The third-order valence-corrected chi connectivity index (χ3v) is 4.60. The molecule has 4 aromatic rings. The third-order valence-electron chi connectivity index (χ3n) is 4.60. The zero-order valence-corrected chi connectivity index (χ0v) is 16.5. The molecule has 8 heteroatoms. The molecule has 1 heterocycles. The van der Waals surface area contributed by atoms with E-state index in [9.17, 15) is 14.0 Å². The highest BCUT2D eigenvalue weighted by Crippen LogP contribution is 2.18. The van der Waals surface area contributed by atoms with Gasteiger partial charge in [0, 0.05) is 16.9 Å². The Kier molecular flexibility index (Phi) is 5.53. The minimum atomic E-state index is -0.447. The summed E-state index contributed by atoms with van der Waals surface area (Å²) in [6.45, 7) is 1.70. The quantitative estimate of drug-likeness (QED) is 0.511. The topological polar surface area (TPSA) is 88.9 Å². The first-order valence-electron chi connectivity index (χ1n) is 9.47. The van der Waals surface area contributed by atoms with E-state index in [1.54, 1.807) is 67.6 Å². The average molecular weight is 415 g/mol. The van der Waals surface area contributed by atoms with Gasteiger partial charge in [0.1, 0.15) is 5.82 Å². The maximum atomic E-state index is 13.2. The van der Waals surface area contributed by atoms with Crippen molar-refractivity contribution in [3.63, 3.8) is 0 Å². The van der Waals surface area contributed by atoms with E-state index in [0.717, 1.165) is 0 Å². The minimum absolute atomic E-state index is 0.142. The molecule has 0 aliphatic rings. The molecular formula is C23H18FN5O2. The molecule has 0 atom stereocenters. The molecule has 7 nitrogen and oxygen atoms in total. The molecular weight excluding hydrogens is 397 g/mol. The van der Waals surface area contributed by atoms with E-state index in [2.05, 4.69) is 20.9 Å². The van der Waals surface area contributed by atoms with Crippen molar-refractivity contribution in [2.75, 3.05) is 10.6 Å². The summed E-state index contributed by atoms with van der Waals surface area (Å²) < 4.78 is 14.6. The van der Waals surface area contributed by atoms with Crippen LogP contribution in [0.2, 0.25) is 0 Å². The normalized spacial score (nSPS) is 10.5. The summed E-state index contributed by atoms with van der Waals surface area (Å²) in [4.78, 5) is 25.0. The van der Waals surface area contributed by atoms with Gasteiger partial charge < -0.3 is 10.6 Å². The Morgan fingerprint density at radius 3 is 2.16 bits per heavy atom. The SMILES string of the molecule is Cc1c(C(=O)Nc2cccc(NC(=O)c3ccccc3)c2)nnn1-c1ccc(F)cc1. The molecule has 2 N–H and O–H groups in total. The molecule has 1 aromatic heterocycles. The molecule has 0 saturated carbocycles. The van der Waals surface area contributed by atoms with E-state index in [1.807, 2.05) is 6.07 Å². The molecule has 0 radical (unpaired) electrons. The highest BCUT2D eigenvalue weighted by atomic mass is 19.1. The van der Waals surface area contributed by atoms with Crippen molar-refractivity contribution in [3.8, 4) is 5.69 Å². The Hall–Kier alpha value is -4.33. The van der Waals surface area contributed by atoms with Gasteiger partial charge in [-0.2, -0.15) is 0 Å². The fraction of sp³-hybridized carbons (Fsp3) is 0.0435. The van der Waals surface area contributed by atoms with Gasteiger partial charge in [0.15, 0.2) is 5.69 Å². The monoisotopic (exact) mass is 415 g/mol. The fourth-order valence-corrected chi connectivity index (χ4v) is 3.02. The van der Waals surface area contributed by atoms with E-state index in [1.165, 1.54) is 16.8 Å². The Balaban J connectivity index is 1.49. The molecule has 3 aromatic carbocycles. The van der Waals surface area contributed by atoms with Crippen LogP contribution in [-0.2, 0) is 0 Å². The lowest BCUT2D eigenvalue weighted by Crippen LogP contribution is -2.15. The van der Waals surface area contributed by atoms with Crippen LogP contribution in [0.25, 0.3) is 5.69 Å². The lowest BCUT2D eigenvalue weighted by Gasteiger charge is -2.09. The lowest BCUT2D eigenvalue weighted by atomic mass is 10.2. The van der Waals surface area contributed by atoms with Crippen LogP contribution in [-0.4, -0.2) is 26.8 Å². The Morgan fingerprint density at radius 2 is 1.48 bits per heavy atom. The summed E-state index contributed by atoms with van der Waals surface area (Å²) in [6, 6.07) is 21.4. The predicted octanol–water partition coefficient (Wildman–Crippen LogP) is 4.22. The Bertz CT molecular complexity index is 1240. The first kappa shape index (κ1) is 20.0. The summed E-state index contributed by atoms with van der Waals surface area (Å²) in [5.41, 5.74) is 2.81. The first-order valence-corrected chi connectivity index (χ1v) is 9.47. The van der Waals surface area contributed by atoms with Crippen molar-refractivity contribution in [3.05, 3.63) is 102 Å². The van der Waals surface area contributed by atoms with Gasteiger partial charge in [-0.25, -0.2) is 9.07 Å². The van der Waals surface area contributed by atoms with Crippen LogP contribution in [0.3, 0.4) is 0 Å². The molecule has 154 valence electrons. The predicted molar refractivity (Wildman–Crippen MR) is 115 cm³/mol. The van der Waals surface area contributed by atoms with Crippen LogP contribution in [0.1, 0.15) is 26.5 Å². The number of nitrogens with one attached hydrogen (secondary N) is 2. The number of rotatable bonds is 5. The second-order valence-corrected chi connectivity index (χ2v) is 6.77. The van der Waals surface area contributed by atoms with E-state index < -0.39 is 5.91 Å². The van der Waals surface area contributed by atoms with Gasteiger partial charge in [0.05, 0.1) is 11.4 Å². The molecule has 0 saturated heterocycles. The van der Waals surface area contributed by atoms with Gasteiger partial charge in [0.25, 0.3) is 11.8 Å². The number of halogens is 1. The van der Waals surface area contributed by atoms with Crippen LogP contribution >= 0.6 is 0 Å². The number of carbonyl (C=O) groups is 2. The number of aromatic nitrogens is 3. The Morgan fingerprint density at radius 1 is 0.839 bits per heavy atom. The van der Waals surface area contributed by atoms with Crippen molar-refractivity contribution in [2.24, 2.45) is 0 Å². The number of anilines is 2. The average Bonchev–Trinajstić information content (AvgIpc) is 3.16. The van der Waals surface area contributed by atoms with Crippen LogP contribution in [0.5, 0.6) is 0 Å². The summed E-state index contributed by atoms with van der Waals surface area (Å²) in [7, 11) is 0. The van der Waals surface area contributed by atoms with Crippen LogP contribution in [0, 0.1) is 12.7 Å². The van der Waals surface area contributed by atoms with Crippen LogP contribution in [0.4, 0.5) is 15.8 Å². The number of amides is 2. The fourth-order valence-electron chi connectivity index (χ4n) is 3.02. The number of hydrogen-bond acceptors (Lipinski definition) is 4. The third kappa shape index (κ3) is 4.48. The van der Waals surface area contributed by atoms with Gasteiger partial charge in [0.2, 0.25) is 0 Å². The van der Waals surface area contributed by atoms with Gasteiger partial charge in [-0.05, 0) is 61.5 Å². The Labute approximate surface area is 177 Å². The summed E-state index contributed by atoms with van der Waals surface area (Å²) in [6.07, 6.45) is 0. The van der Waals surface area contributed by atoms with Crippen molar-refractivity contribution >= 4 is 23.2 Å². The van der Waals surface area contributed by atoms with E-state index in [0.29, 0.717) is 28.3 Å². The molecule has 0 fully saturated rings. The molecule has 31 heavy (non-hydrogen) atoms. The molecule has 2 amide bonds. The van der Waals surface area contributed by atoms with E-state index >= 15 is 0 Å². The highest BCUT2D eigenvalue weighted by Gasteiger charge is 2.18. The number of nitrogens with zero attached hydrogens (tertiary/aromatic N) is 3. The number of benzene rings is 3. The van der Waals surface area contributed by atoms with Gasteiger partial charge in [-0.15, -0.1) is 5.10 Å². The molecule has 0 unspecified atom stereocenters. The number of carbonyl (C=O) groups excluding carboxylic acids is 2. The smallest absolute Gasteiger partial charge is 0.278 e. The van der Waals surface area contributed by atoms with Crippen LogP contribution in [0.15, 0.2) is 78.9 Å². The maximum absolute atomic E-state index is 13.2. The maximum Gasteiger partial charge on any atom is 0.278 e. The second-order valence-electron chi connectivity index (χ2n) is 6.77. The van der Waals surface area contributed by atoms with Gasteiger partial charge in [-0.1, -0.05) is 29.5 Å². The molecule has 4 rings (SSSR count). The molecule has 0 aliphatic heterocycles. The summed E-state index contributed by atoms with van der Waals surface area (Å²) >= 11 is 0. The molecule has 0 bridgehead atoms. The summed E-state index contributed by atoms with van der Waals surface area (Å²) in [5.74, 6) is -1.06. The van der Waals surface area contributed by atoms with Crippen molar-refractivity contribution in [2.45, 2.75) is 6.92 Å². The largest absolute Gasteiger partial charge is 0.322 e. The number of hydrogen-bond donors (Lipinski definition) is 2. The second kappa shape index (κ2) is 8.58. The van der Waals surface area contributed by atoms with Gasteiger partial charge >= 0.3 is 0 Å². The van der Waals surface area contributed by atoms with Gasteiger partial charge in [-0.3, -0.25) is 9.59 Å². The standard InChI is InChI=1S/C23H18FN5O2/c1-15-21(27-28-29(15)20-12-10-17(24)11-13-20)23(31)26-19-9-5-8-18(14-19)25-22(30)16-6-3-2-4-7-16/h2-14H,1H3,(H,25,30)(H,26,31). The lowest BCUT2D eigenvalue weighted by molar-refractivity contribution is 0.101. The van der Waals surface area contributed by atoms with Crippen molar-refractivity contribution < 1.29 is 14.0 Å². The van der Waals surface area contributed by atoms with Crippen molar-refractivity contribution in [1.29, 1.82) is 0 Å². The molecule has 0 spiro atoms. The minimum Gasteiger partial charge on any atom is -0.322 e. The zero-order valence-electron chi connectivity index (χ0n) is 16.5. The zero-order chi connectivity index (χ0) is 21.8. The van der Waals surface area contributed by atoms with Crippen LogP contribution < -0.4 is 10.6 Å². The molecule has 0 aliphatic carbocycles. The summed E-state index contributed by atoms with van der Waals surface area (Å²) in [5, 5.41) is 13.5.